The number of Topliss-reactive ketones (excluding diaryl/α,β-unsaturated/α-hetero) is 1. The van der Waals surface area contributed by atoms with Gasteiger partial charge in [-0.3, -0.25) is 9.59 Å². The molecular formula is C22H32O8. The first-order chi connectivity index (χ1) is 14.6. The number of ether oxygens (including phenoxy) is 5. The van der Waals surface area contributed by atoms with Gasteiger partial charge in [0.1, 0.15) is 25.1 Å². The van der Waals surface area contributed by atoms with Crippen molar-refractivity contribution < 1.29 is 38.4 Å². The summed E-state index contributed by atoms with van der Waals surface area (Å²) in [5.41, 5.74) is 0. The van der Waals surface area contributed by atoms with Gasteiger partial charge in [-0.15, -0.1) is 0 Å². The van der Waals surface area contributed by atoms with Crippen molar-refractivity contribution >= 4 is 11.8 Å². The standard InChI is InChI=1S/C22H32O8/c1-17(23)19(24)6-4-2-3-5-7-22(25)30-18-8-9-20-21(16-18)29-15-13-27-11-10-26-12-14-28-20/h8-9,16-17,23H,2-7,10-15H2,1H3. The average Bonchev–Trinajstić information content (AvgIpc) is 2.71. The van der Waals surface area contributed by atoms with Crippen LogP contribution >= 0.6 is 0 Å². The summed E-state index contributed by atoms with van der Waals surface area (Å²) in [6.07, 6.45) is 2.83. The Balaban J connectivity index is 1.75. The number of rotatable bonds is 9. The number of aliphatic hydroxyl groups excluding tert-OH is 1. The van der Waals surface area contributed by atoms with Gasteiger partial charge in [0.2, 0.25) is 0 Å². The number of unbranched alkanes of at least 4 members (excludes halogenated alkanes) is 3. The normalized spacial score (nSPS) is 16.1. The maximum Gasteiger partial charge on any atom is 0.311 e. The van der Waals surface area contributed by atoms with E-state index in [4.69, 9.17) is 28.8 Å². The minimum Gasteiger partial charge on any atom is -0.487 e. The minimum atomic E-state index is -0.900. The van der Waals surface area contributed by atoms with Crippen molar-refractivity contribution in [1.29, 1.82) is 0 Å². The zero-order valence-corrected chi connectivity index (χ0v) is 17.6. The second-order valence-electron chi connectivity index (χ2n) is 7.06. The summed E-state index contributed by atoms with van der Waals surface area (Å²) in [6, 6.07) is 5.02. The van der Waals surface area contributed by atoms with Gasteiger partial charge in [0.15, 0.2) is 17.3 Å². The Morgan fingerprint density at radius 2 is 1.50 bits per heavy atom. The summed E-state index contributed by atoms with van der Waals surface area (Å²) >= 11 is 0. The van der Waals surface area contributed by atoms with Crippen molar-refractivity contribution in [3.05, 3.63) is 18.2 Å². The van der Waals surface area contributed by atoms with E-state index in [1.54, 1.807) is 18.2 Å². The van der Waals surface area contributed by atoms with Crippen molar-refractivity contribution in [2.75, 3.05) is 39.6 Å². The Hall–Kier alpha value is -2.16. The third kappa shape index (κ3) is 9.56. The van der Waals surface area contributed by atoms with Crippen molar-refractivity contribution in [3.63, 3.8) is 0 Å². The summed E-state index contributed by atoms with van der Waals surface area (Å²) in [5, 5.41) is 9.15. The van der Waals surface area contributed by atoms with Gasteiger partial charge in [-0.1, -0.05) is 12.8 Å². The van der Waals surface area contributed by atoms with E-state index in [-0.39, 0.29) is 11.8 Å². The van der Waals surface area contributed by atoms with Crippen molar-refractivity contribution in [2.24, 2.45) is 0 Å². The number of hydrogen-bond acceptors (Lipinski definition) is 8. The zero-order chi connectivity index (χ0) is 21.6. The average molecular weight is 424 g/mol. The number of esters is 1. The summed E-state index contributed by atoms with van der Waals surface area (Å²) < 4.78 is 27.6. The van der Waals surface area contributed by atoms with Crippen LogP contribution in [0.15, 0.2) is 18.2 Å². The van der Waals surface area contributed by atoms with E-state index in [1.165, 1.54) is 6.92 Å². The van der Waals surface area contributed by atoms with Crippen LogP contribution in [0.1, 0.15) is 45.4 Å². The van der Waals surface area contributed by atoms with Crippen molar-refractivity contribution in [1.82, 2.24) is 0 Å². The largest absolute Gasteiger partial charge is 0.487 e. The lowest BCUT2D eigenvalue weighted by molar-refractivity contribution is -0.134. The van der Waals surface area contributed by atoms with Gasteiger partial charge in [0, 0.05) is 18.9 Å². The highest BCUT2D eigenvalue weighted by molar-refractivity contribution is 5.82. The highest BCUT2D eigenvalue weighted by Crippen LogP contribution is 2.32. The van der Waals surface area contributed by atoms with Gasteiger partial charge in [0.25, 0.3) is 0 Å². The Morgan fingerprint density at radius 1 is 0.900 bits per heavy atom. The molecule has 1 unspecified atom stereocenters. The number of fused-ring (bicyclic) bond motifs is 1. The molecule has 1 aromatic carbocycles. The molecular weight excluding hydrogens is 392 g/mol. The van der Waals surface area contributed by atoms with Crippen LogP contribution in [0.2, 0.25) is 0 Å². The topological polar surface area (TPSA) is 101 Å². The van der Waals surface area contributed by atoms with Crippen LogP contribution in [0.4, 0.5) is 0 Å². The minimum absolute atomic E-state index is 0.142. The van der Waals surface area contributed by atoms with Crippen LogP contribution in [0, 0.1) is 0 Å². The molecule has 8 nitrogen and oxygen atoms in total. The fraction of sp³-hybridized carbons (Fsp3) is 0.636. The molecule has 1 aliphatic heterocycles. The van der Waals surface area contributed by atoms with Gasteiger partial charge in [0.05, 0.1) is 26.4 Å². The molecule has 0 amide bonds. The lowest BCUT2D eigenvalue weighted by atomic mass is 10.1. The van der Waals surface area contributed by atoms with Crippen LogP contribution in [-0.4, -0.2) is 62.6 Å². The lowest BCUT2D eigenvalue weighted by Crippen LogP contribution is -2.16. The highest BCUT2D eigenvalue weighted by atomic mass is 16.6. The van der Waals surface area contributed by atoms with Crippen LogP contribution in [-0.2, 0) is 19.1 Å². The van der Waals surface area contributed by atoms with Crippen molar-refractivity contribution in [3.8, 4) is 17.2 Å². The summed E-state index contributed by atoms with van der Waals surface area (Å²) in [7, 11) is 0. The van der Waals surface area contributed by atoms with E-state index in [1.807, 2.05) is 0 Å². The number of hydrogen-bond donors (Lipinski definition) is 1. The third-order valence-corrected chi connectivity index (χ3v) is 4.51. The highest BCUT2D eigenvalue weighted by Gasteiger charge is 2.12. The molecule has 30 heavy (non-hydrogen) atoms. The Morgan fingerprint density at radius 3 is 2.17 bits per heavy atom. The summed E-state index contributed by atoms with van der Waals surface area (Å²) in [6.45, 7) is 4.12. The van der Waals surface area contributed by atoms with Crippen LogP contribution in [0.3, 0.4) is 0 Å². The van der Waals surface area contributed by atoms with E-state index >= 15 is 0 Å². The molecule has 8 heteroatoms. The maximum absolute atomic E-state index is 12.1. The van der Waals surface area contributed by atoms with E-state index in [2.05, 4.69) is 0 Å². The van der Waals surface area contributed by atoms with Crippen LogP contribution < -0.4 is 14.2 Å². The van der Waals surface area contributed by atoms with Gasteiger partial charge in [-0.25, -0.2) is 0 Å². The molecule has 0 spiro atoms. The maximum atomic E-state index is 12.1. The number of carbonyl (C=O) groups is 2. The molecule has 168 valence electrons. The van der Waals surface area contributed by atoms with Crippen molar-refractivity contribution in [2.45, 2.75) is 51.6 Å². The first-order valence-corrected chi connectivity index (χ1v) is 10.5. The second-order valence-corrected chi connectivity index (χ2v) is 7.06. The predicted octanol–water partition coefficient (Wildman–Crippen LogP) is 2.69. The number of carbonyl (C=O) groups excluding carboxylic acids is 2. The number of aliphatic hydroxyl groups is 1. The van der Waals surface area contributed by atoms with Gasteiger partial charge >= 0.3 is 5.97 Å². The number of benzene rings is 1. The quantitative estimate of drug-likeness (QED) is 0.367. The lowest BCUT2D eigenvalue weighted by Gasteiger charge is -2.16. The Bertz CT molecular complexity index is 659. The first-order valence-electron chi connectivity index (χ1n) is 10.5. The molecule has 0 bridgehead atoms. The fourth-order valence-corrected chi connectivity index (χ4v) is 2.84. The molecule has 1 heterocycles. The predicted molar refractivity (Wildman–Crippen MR) is 109 cm³/mol. The third-order valence-electron chi connectivity index (χ3n) is 4.51. The molecule has 0 saturated carbocycles. The summed E-state index contributed by atoms with van der Waals surface area (Å²) in [5.74, 6) is 0.990. The van der Waals surface area contributed by atoms with E-state index < -0.39 is 6.10 Å². The molecule has 2 rings (SSSR count). The SMILES string of the molecule is CC(O)C(=O)CCCCCCC(=O)Oc1ccc2c(c1)OCCOCCOCCO2. The molecule has 1 N–H and O–H groups in total. The van der Waals surface area contributed by atoms with Crippen LogP contribution in [0.25, 0.3) is 0 Å². The number of ketones is 1. The van der Waals surface area contributed by atoms with E-state index in [0.717, 1.165) is 19.3 Å². The van der Waals surface area contributed by atoms with Crippen LogP contribution in [0.5, 0.6) is 17.2 Å². The zero-order valence-electron chi connectivity index (χ0n) is 17.6. The molecule has 0 fully saturated rings. The van der Waals surface area contributed by atoms with E-state index in [9.17, 15) is 9.59 Å². The Labute approximate surface area is 177 Å². The van der Waals surface area contributed by atoms with E-state index in [0.29, 0.717) is 76.2 Å². The molecule has 0 saturated heterocycles. The molecule has 0 aromatic heterocycles. The smallest absolute Gasteiger partial charge is 0.311 e. The monoisotopic (exact) mass is 424 g/mol. The Kier molecular flexibility index (Phi) is 11.2. The molecule has 1 atom stereocenters. The fourth-order valence-electron chi connectivity index (χ4n) is 2.84. The van der Waals surface area contributed by atoms with Gasteiger partial charge in [-0.2, -0.15) is 0 Å². The summed E-state index contributed by atoms with van der Waals surface area (Å²) in [4.78, 5) is 23.4. The van der Waals surface area contributed by atoms with Gasteiger partial charge < -0.3 is 28.8 Å². The molecule has 1 aliphatic rings. The molecule has 1 aromatic rings. The van der Waals surface area contributed by atoms with Gasteiger partial charge in [-0.05, 0) is 31.9 Å². The molecule has 0 radical (unpaired) electrons. The second kappa shape index (κ2) is 14.0. The first kappa shape index (κ1) is 24.1. The molecule has 0 aliphatic carbocycles.